The van der Waals surface area contributed by atoms with Crippen molar-refractivity contribution in [1.82, 2.24) is 0 Å². The van der Waals surface area contributed by atoms with Gasteiger partial charge in [-0.1, -0.05) is 58.1 Å². The van der Waals surface area contributed by atoms with Gasteiger partial charge in [-0.05, 0) is 54.1 Å². The Kier molecular flexibility index (Phi) is 6.69. The largest absolute Gasteiger partial charge is 0.488 e. The molecule has 1 saturated heterocycles. The zero-order chi connectivity index (χ0) is 22.7. The summed E-state index contributed by atoms with van der Waals surface area (Å²) >= 11 is 10.1. The van der Waals surface area contributed by atoms with Crippen molar-refractivity contribution in [1.29, 1.82) is 0 Å². The number of ether oxygens (including phenoxy) is 1. The summed E-state index contributed by atoms with van der Waals surface area (Å²) < 4.78 is 7.32. The van der Waals surface area contributed by atoms with Gasteiger partial charge in [-0.15, -0.1) is 0 Å². The van der Waals surface area contributed by atoms with Crippen molar-refractivity contribution < 1.29 is 14.5 Å². The lowest BCUT2D eigenvalue weighted by molar-refractivity contribution is -0.384. The smallest absolute Gasteiger partial charge is 0.270 e. The fourth-order valence-corrected chi connectivity index (χ4v) is 4.58. The second-order valence-electron chi connectivity index (χ2n) is 6.74. The molecule has 1 aliphatic heterocycles. The van der Waals surface area contributed by atoms with E-state index in [1.165, 1.54) is 28.8 Å². The summed E-state index contributed by atoms with van der Waals surface area (Å²) in [7, 11) is 0. The Morgan fingerprint density at radius 2 is 1.75 bits per heavy atom. The molecule has 0 saturated carbocycles. The normalized spacial score (nSPS) is 14.8. The number of carbonyl (C=O) groups is 1. The lowest BCUT2D eigenvalue weighted by atomic mass is 10.1. The van der Waals surface area contributed by atoms with E-state index in [4.69, 9.17) is 17.0 Å². The molecule has 1 aliphatic rings. The molecule has 1 fully saturated rings. The van der Waals surface area contributed by atoms with Crippen LogP contribution in [0.3, 0.4) is 0 Å². The Labute approximate surface area is 202 Å². The molecular formula is C23H15BrN2O4S2. The quantitative estimate of drug-likeness (QED) is 0.161. The van der Waals surface area contributed by atoms with E-state index in [-0.39, 0.29) is 18.2 Å². The number of nitro benzene ring substituents is 1. The molecule has 1 amide bonds. The summed E-state index contributed by atoms with van der Waals surface area (Å²) in [4.78, 5) is 25.4. The van der Waals surface area contributed by atoms with Crippen LogP contribution in [0.2, 0.25) is 0 Å². The summed E-state index contributed by atoms with van der Waals surface area (Å²) in [6, 6.07) is 21.0. The van der Waals surface area contributed by atoms with E-state index in [1.54, 1.807) is 18.2 Å². The zero-order valence-electron chi connectivity index (χ0n) is 16.4. The van der Waals surface area contributed by atoms with E-state index in [2.05, 4.69) is 15.9 Å². The molecule has 0 atom stereocenters. The number of benzene rings is 3. The Bertz CT molecular complexity index is 1230. The van der Waals surface area contributed by atoms with Crippen LogP contribution < -0.4 is 9.64 Å². The Balaban J connectivity index is 1.53. The molecule has 0 bridgehead atoms. The highest BCUT2D eigenvalue weighted by atomic mass is 79.9. The van der Waals surface area contributed by atoms with Crippen LogP contribution in [0.1, 0.15) is 11.1 Å². The first-order chi connectivity index (χ1) is 15.4. The molecule has 4 rings (SSSR count). The molecular weight excluding hydrogens is 512 g/mol. The van der Waals surface area contributed by atoms with Gasteiger partial charge in [0.05, 0.1) is 15.5 Å². The third-order valence-corrected chi connectivity index (χ3v) is 6.46. The number of thiocarbonyl (C=S) groups is 1. The number of hydrogen-bond donors (Lipinski definition) is 0. The van der Waals surface area contributed by atoms with Crippen LogP contribution in [0.5, 0.6) is 5.75 Å². The van der Waals surface area contributed by atoms with Gasteiger partial charge in [-0.2, -0.15) is 0 Å². The number of hydrogen-bond acceptors (Lipinski definition) is 6. The van der Waals surface area contributed by atoms with Crippen LogP contribution in [0, 0.1) is 10.1 Å². The van der Waals surface area contributed by atoms with E-state index in [0.29, 0.717) is 20.7 Å². The Hall–Kier alpha value is -3.01. The van der Waals surface area contributed by atoms with Crippen LogP contribution in [-0.2, 0) is 11.4 Å². The van der Waals surface area contributed by atoms with Crippen molar-refractivity contribution in [3.8, 4) is 5.75 Å². The van der Waals surface area contributed by atoms with Crippen LogP contribution >= 0.6 is 39.9 Å². The molecule has 0 aromatic heterocycles. The number of rotatable bonds is 6. The van der Waals surface area contributed by atoms with Crippen molar-refractivity contribution in [2.75, 3.05) is 4.90 Å². The second-order valence-corrected chi connectivity index (χ2v) is 9.34. The fraction of sp³-hybridized carbons (Fsp3) is 0.0435. The molecule has 3 aromatic carbocycles. The summed E-state index contributed by atoms with van der Waals surface area (Å²) in [5, 5.41) is 10.8. The van der Waals surface area contributed by atoms with E-state index < -0.39 is 4.92 Å². The molecule has 160 valence electrons. The maximum atomic E-state index is 13.0. The molecule has 9 heteroatoms. The van der Waals surface area contributed by atoms with Crippen molar-refractivity contribution in [3.05, 3.63) is 103 Å². The van der Waals surface area contributed by atoms with Gasteiger partial charge in [0.15, 0.2) is 4.32 Å². The van der Waals surface area contributed by atoms with Gasteiger partial charge in [0.2, 0.25) is 0 Å². The summed E-state index contributed by atoms with van der Waals surface area (Å²) in [6.45, 7) is 0.239. The van der Waals surface area contributed by atoms with Crippen LogP contribution in [0.25, 0.3) is 6.08 Å². The van der Waals surface area contributed by atoms with Crippen LogP contribution in [0.4, 0.5) is 11.4 Å². The van der Waals surface area contributed by atoms with E-state index in [0.717, 1.165) is 15.6 Å². The molecule has 0 N–H and O–H groups in total. The number of carbonyl (C=O) groups excluding carboxylic acids is 1. The number of halogens is 1. The minimum atomic E-state index is -0.440. The monoisotopic (exact) mass is 526 g/mol. The highest BCUT2D eigenvalue weighted by Crippen LogP contribution is 2.37. The van der Waals surface area contributed by atoms with Gasteiger partial charge in [0.25, 0.3) is 11.6 Å². The Morgan fingerprint density at radius 1 is 1.06 bits per heavy atom. The molecule has 6 nitrogen and oxygen atoms in total. The van der Waals surface area contributed by atoms with Crippen molar-refractivity contribution >= 4 is 67.6 Å². The average molecular weight is 527 g/mol. The lowest BCUT2D eigenvalue weighted by Gasteiger charge is -2.14. The van der Waals surface area contributed by atoms with Crippen LogP contribution in [-0.4, -0.2) is 15.2 Å². The topological polar surface area (TPSA) is 72.7 Å². The summed E-state index contributed by atoms with van der Waals surface area (Å²) in [5.41, 5.74) is 2.28. The maximum absolute atomic E-state index is 13.0. The average Bonchev–Trinajstić information content (AvgIpc) is 3.07. The molecule has 0 radical (unpaired) electrons. The fourth-order valence-electron chi connectivity index (χ4n) is 3.03. The highest BCUT2D eigenvalue weighted by molar-refractivity contribution is 9.10. The molecule has 1 heterocycles. The number of thioether (sulfide) groups is 1. The van der Waals surface area contributed by atoms with E-state index in [9.17, 15) is 14.9 Å². The van der Waals surface area contributed by atoms with Gasteiger partial charge in [-0.25, -0.2) is 0 Å². The lowest BCUT2D eigenvalue weighted by Crippen LogP contribution is -2.27. The predicted octanol–water partition coefficient (Wildman–Crippen LogP) is 6.34. The van der Waals surface area contributed by atoms with E-state index >= 15 is 0 Å². The van der Waals surface area contributed by atoms with Crippen molar-refractivity contribution in [2.45, 2.75) is 6.61 Å². The highest BCUT2D eigenvalue weighted by Gasteiger charge is 2.33. The number of para-hydroxylation sites is 1. The van der Waals surface area contributed by atoms with Gasteiger partial charge < -0.3 is 4.74 Å². The molecule has 32 heavy (non-hydrogen) atoms. The summed E-state index contributed by atoms with van der Waals surface area (Å²) in [6.07, 6.45) is 1.77. The first-order valence-electron chi connectivity index (χ1n) is 9.41. The standard InChI is InChI=1S/C23H15BrN2O4S2/c24-17-7-11-18(12-8-17)25-22(27)21(32-23(25)31)13-16-3-1-2-4-20(16)30-14-15-5-9-19(10-6-15)26(28)29/h1-13H,14H2/b21-13-. The number of amides is 1. The van der Waals surface area contributed by atoms with Crippen LogP contribution in [0.15, 0.2) is 82.2 Å². The summed E-state index contributed by atoms with van der Waals surface area (Å²) in [5.74, 6) is 0.409. The molecule has 0 spiro atoms. The van der Waals surface area contributed by atoms with Gasteiger partial charge in [0, 0.05) is 22.2 Å². The number of nitrogens with zero attached hydrogens (tertiary/aromatic N) is 2. The molecule has 3 aromatic rings. The van der Waals surface area contributed by atoms with Gasteiger partial charge in [-0.3, -0.25) is 19.8 Å². The number of non-ortho nitro benzene ring substituents is 1. The van der Waals surface area contributed by atoms with Crippen molar-refractivity contribution in [2.24, 2.45) is 0 Å². The number of nitro groups is 1. The predicted molar refractivity (Wildman–Crippen MR) is 134 cm³/mol. The first-order valence-corrected chi connectivity index (χ1v) is 11.4. The third kappa shape index (κ3) is 4.90. The Morgan fingerprint density at radius 3 is 2.44 bits per heavy atom. The molecule has 0 unspecified atom stereocenters. The minimum Gasteiger partial charge on any atom is -0.488 e. The third-order valence-electron chi connectivity index (χ3n) is 4.63. The number of anilines is 1. The molecule has 0 aliphatic carbocycles. The SMILES string of the molecule is O=C1/C(=C/c2ccccc2OCc2ccc([N+](=O)[O-])cc2)SC(=S)N1c1ccc(Br)cc1. The first kappa shape index (κ1) is 22.2. The second kappa shape index (κ2) is 9.64. The zero-order valence-corrected chi connectivity index (χ0v) is 19.7. The van der Waals surface area contributed by atoms with Crippen molar-refractivity contribution in [3.63, 3.8) is 0 Å². The maximum Gasteiger partial charge on any atom is 0.270 e. The van der Waals surface area contributed by atoms with Gasteiger partial charge in [0.1, 0.15) is 12.4 Å². The van der Waals surface area contributed by atoms with E-state index in [1.807, 2.05) is 48.5 Å². The van der Waals surface area contributed by atoms with Gasteiger partial charge >= 0.3 is 0 Å². The minimum absolute atomic E-state index is 0.0296.